The van der Waals surface area contributed by atoms with E-state index in [9.17, 15) is 4.79 Å². The van der Waals surface area contributed by atoms with E-state index in [-0.39, 0.29) is 6.09 Å². The van der Waals surface area contributed by atoms with E-state index in [1.54, 1.807) is 0 Å². The molecular weight excluding hydrogens is 284 g/mol. The Morgan fingerprint density at radius 2 is 2.24 bits per heavy atom. The number of carbonyl (C=O) groups is 1. The number of halogens is 1. The van der Waals surface area contributed by atoms with Crippen LogP contribution in [-0.2, 0) is 11.3 Å². The summed E-state index contributed by atoms with van der Waals surface area (Å²) in [6, 6.07) is 1.99. The van der Waals surface area contributed by atoms with Gasteiger partial charge >= 0.3 is 6.09 Å². The third-order valence-electron chi connectivity index (χ3n) is 1.98. The third kappa shape index (κ3) is 6.36. The zero-order valence-electron chi connectivity index (χ0n) is 10.5. The first-order chi connectivity index (χ1) is 7.87. The highest BCUT2D eigenvalue weighted by atomic mass is 79.9. The maximum absolute atomic E-state index is 11.3. The zero-order valence-corrected chi connectivity index (χ0v) is 12.1. The van der Waals surface area contributed by atoms with Gasteiger partial charge in [0.1, 0.15) is 5.60 Å². The van der Waals surface area contributed by atoms with Crippen molar-refractivity contribution in [1.82, 2.24) is 9.88 Å². The van der Waals surface area contributed by atoms with Crippen LogP contribution in [0.5, 0.6) is 0 Å². The lowest BCUT2D eigenvalue weighted by Gasteiger charge is -2.19. The molecule has 96 valence electrons. The molecule has 0 aromatic carbocycles. The quantitative estimate of drug-likeness (QED) is 0.868. The number of aromatic nitrogens is 1. The van der Waals surface area contributed by atoms with E-state index in [0.717, 1.165) is 17.4 Å². The fourth-order valence-corrected chi connectivity index (χ4v) is 1.70. The molecule has 0 aliphatic rings. The molecule has 0 spiro atoms. The Morgan fingerprint density at radius 1 is 1.53 bits per heavy atom. The molecule has 0 atom stereocenters. The minimum Gasteiger partial charge on any atom is -0.444 e. The van der Waals surface area contributed by atoms with Gasteiger partial charge in [0.25, 0.3) is 0 Å². The van der Waals surface area contributed by atoms with Gasteiger partial charge in [-0.25, -0.2) is 4.79 Å². The van der Waals surface area contributed by atoms with Crippen molar-refractivity contribution < 1.29 is 9.53 Å². The van der Waals surface area contributed by atoms with Crippen LogP contribution in [0.2, 0.25) is 0 Å². The highest BCUT2D eigenvalue weighted by Crippen LogP contribution is 2.09. The lowest BCUT2D eigenvalue weighted by atomic mass is 10.2. The van der Waals surface area contributed by atoms with Gasteiger partial charge in [0.05, 0.1) is 0 Å². The number of hydrogen-bond donors (Lipinski definition) is 1. The van der Waals surface area contributed by atoms with E-state index in [1.807, 2.05) is 39.2 Å². The summed E-state index contributed by atoms with van der Waals surface area (Å²) < 4.78 is 8.27. The summed E-state index contributed by atoms with van der Waals surface area (Å²) in [5.74, 6) is 0. The van der Waals surface area contributed by atoms with E-state index < -0.39 is 5.60 Å². The van der Waals surface area contributed by atoms with E-state index in [1.165, 1.54) is 0 Å². The van der Waals surface area contributed by atoms with Crippen LogP contribution < -0.4 is 5.32 Å². The Hall–Kier alpha value is -0.970. The maximum Gasteiger partial charge on any atom is 0.407 e. The molecule has 1 heterocycles. The van der Waals surface area contributed by atoms with Crippen molar-refractivity contribution in [2.75, 3.05) is 6.54 Å². The molecule has 4 nitrogen and oxygen atoms in total. The highest BCUT2D eigenvalue weighted by Gasteiger charge is 2.15. The van der Waals surface area contributed by atoms with E-state index in [0.29, 0.717) is 6.54 Å². The molecule has 17 heavy (non-hydrogen) atoms. The second-order valence-electron chi connectivity index (χ2n) is 4.85. The van der Waals surface area contributed by atoms with Crippen LogP contribution in [0, 0.1) is 0 Å². The molecule has 0 unspecified atom stereocenters. The number of rotatable bonds is 4. The molecule has 5 heteroatoms. The minimum absolute atomic E-state index is 0.355. The number of amides is 1. The molecule has 1 N–H and O–H groups in total. The minimum atomic E-state index is -0.435. The van der Waals surface area contributed by atoms with Crippen molar-refractivity contribution in [3.8, 4) is 0 Å². The van der Waals surface area contributed by atoms with Gasteiger partial charge in [-0.1, -0.05) is 0 Å². The molecule has 0 saturated carbocycles. The first-order valence-electron chi connectivity index (χ1n) is 5.65. The molecule has 1 aromatic heterocycles. The molecule has 1 amide bonds. The highest BCUT2D eigenvalue weighted by molar-refractivity contribution is 9.10. The second kappa shape index (κ2) is 6.10. The van der Waals surface area contributed by atoms with Crippen molar-refractivity contribution in [3.63, 3.8) is 0 Å². The molecule has 1 aromatic rings. The summed E-state index contributed by atoms with van der Waals surface area (Å²) in [7, 11) is 0. The normalized spacial score (nSPS) is 11.3. The third-order valence-corrected chi connectivity index (χ3v) is 2.44. The van der Waals surface area contributed by atoms with Crippen molar-refractivity contribution in [2.45, 2.75) is 39.3 Å². The number of ether oxygens (including phenoxy) is 1. The molecule has 0 aliphatic carbocycles. The standard InChI is InChI=1S/C12H19BrN2O2/c1-12(2,3)17-11(16)14-6-4-7-15-8-5-10(13)9-15/h5,8-9H,4,6-7H2,1-3H3,(H,14,16). The van der Waals surface area contributed by atoms with Gasteiger partial charge in [0.2, 0.25) is 0 Å². The summed E-state index contributed by atoms with van der Waals surface area (Å²) in [4.78, 5) is 11.3. The maximum atomic E-state index is 11.3. The summed E-state index contributed by atoms with van der Waals surface area (Å²) >= 11 is 3.39. The van der Waals surface area contributed by atoms with E-state index >= 15 is 0 Å². The smallest absolute Gasteiger partial charge is 0.407 e. The average Bonchev–Trinajstić information content (AvgIpc) is 2.56. The number of nitrogens with zero attached hydrogens (tertiary/aromatic N) is 1. The fraction of sp³-hybridized carbons (Fsp3) is 0.583. The van der Waals surface area contributed by atoms with Crippen LogP contribution in [0.25, 0.3) is 0 Å². The van der Waals surface area contributed by atoms with Gasteiger partial charge < -0.3 is 14.6 Å². The number of nitrogens with one attached hydrogen (secondary N) is 1. The molecule has 0 saturated heterocycles. The van der Waals surface area contributed by atoms with Crippen LogP contribution in [0.3, 0.4) is 0 Å². The summed E-state index contributed by atoms with van der Waals surface area (Å²) in [5, 5.41) is 2.73. The van der Waals surface area contributed by atoms with Crippen LogP contribution in [-0.4, -0.2) is 22.8 Å². The molecule has 1 rings (SSSR count). The van der Waals surface area contributed by atoms with Gasteiger partial charge in [-0.3, -0.25) is 0 Å². The van der Waals surface area contributed by atoms with Crippen molar-refractivity contribution in [3.05, 3.63) is 22.9 Å². The lowest BCUT2D eigenvalue weighted by molar-refractivity contribution is 0.0526. The van der Waals surface area contributed by atoms with Gasteiger partial charge in [-0.2, -0.15) is 0 Å². The average molecular weight is 303 g/mol. The van der Waals surface area contributed by atoms with Gasteiger partial charge in [-0.15, -0.1) is 0 Å². The van der Waals surface area contributed by atoms with Crippen LogP contribution in [0.1, 0.15) is 27.2 Å². The number of aryl methyl sites for hydroxylation is 1. The zero-order chi connectivity index (χ0) is 12.9. The molecular formula is C12H19BrN2O2. The van der Waals surface area contributed by atoms with Crippen molar-refractivity contribution >= 4 is 22.0 Å². The topological polar surface area (TPSA) is 43.3 Å². The number of carbonyl (C=O) groups excluding carboxylic acids is 1. The Balaban J connectivity index is 2.14. The van der Waals surface area contributed by atoms with Crippen molar-refractivity contribution in [2.24, 2.45) is 0 Å². The van der Waals surface area contributed by atoms with E-state index in [4.69, 9.17) is 4.74 Å². The summed E-state index contributed by atoms with van der Waals surface area (Å²) in [5.41, 5.74) is -0.435. The van der Waals surface area contributed by atoms with E-state index in [2.05, 4.69) is 25.8 Å². The SMILES string of the molecule is CC(C)(C)OC(=O)NCCCn1ccc(Br)c1. The van der Waals surface area contributed by atoms with Crippen molar-refractivity contribution in [1.29, 1.82) is 0 Å². The lowest BCUT2D eigenvalue weighted by Crippen LogP contribution is -2.33. The fourth-order valence-electron chi connectivity index (χ4n) is 1.32. The Morgan fingerprint density at radius 3 is 2.76 bits per heavy atom. The number of alkyl carbamates (subject to hydrolysis) is 1. The first kappa shape index (κ1) is 14.1. The first-order valence-corrected chi connectivity index (χ1v) is 6.44. The molecule has 0 fully saturated rings. The monoisotopic (exact) mass is 302 g/mol. The second-order valence-corrected chi connectivity index (χ2v) is 5.77. The Kier molecular flexibility index (Phi) is 5.05. The largest absolute Gasteiger partial charge is 0.444 e. The van der Waals surface area contributed by atoms with Crippen LogP contribution in [0.4, 0.5) is 4.79 Å². The van der Waals surface area contributed by atoms with Gasteiger partial charge in [0.15, 0.2) is 0 Å². The van der Waals surface area contributed by atoms with Gasteiger partial charge in [0, 0.05) is 30.0 Å². The summed E-state index contributed by atoms with van der Waals surface area (Å²) in [6.45, 7) is 7.05. The van der Waals surface area contributed by atoms with Crippen LogP contribution >= 0.6 is 15.9 Å². The Labute approximate surface area is 110 Å². The Bertz CT molecular complexity index is 369. The molecule has 0 bridgehead atoms. The number of hydrogen-bond acceptors (Lipinski definition) is 2. The summed E-state index contributed by atoms with van der Waals surface area (Å²) in [6.07, 6.45) is 4.52. The molecule has 0 radical (unpaired) electrons. The van der Waals surface area contributed by atoms with Gasteiger partial charge in [-0.05, 0) is 49.2 Å². The predicted molar refractivity (Wildman–Crippen MR) is 71.0 cm³/mol. The molecule has 0 aliphatic heterocycles. The predicted octanol–water partition coefficient (Wildman–Crippen LogP) is 3.17. The van der Waals surface area contributed by atoms with Crippen LogP contribution in [0.15, 0.2) is 22.9 Å².